The number of benzene rings is 2. The van der Waals surface area contributed by atoms with Gasteiger partial charge in [0.05, 0.1) is 28.8 Å². The molecule has 1 atom stereocenters. The zero-order valence-corrected chi connectivity index (χ0v) is 21.2. The maximum Gasteiger partial charge on any atom is 0.264 e. The molecule has 6 nitrogen and oxygen atoms in total. The van der Waals surface area contributed by atoms with E-state index in [-0.39, 0.29) is 23.7 Å². The summed E-state index contributed by atoms with van der Waals surface area (Å²) in [5, 5.41) is 6.40. The van der Waals surface area contributed by atoms with Crippen molar-refractivity contribution in [1.82, 2.24) is 19.2 Å². The highest BCUT2D eigenvalue weighted by molar-refractivity contribution is 6.71. The Kier molecular flexibility index (Phi) is 5.99. The van der Waals surface area contributed by atoms with Gasteiger partial charge >= 0.3 is 0 Å². The second kappa shape index (κ2) is 8.83. The fourth-order valence-corrected chi connectivity index (χ4v) is 6.76. The number of carbonyl (C=O) groups is 2. The van der Waals surface area contributed by atoms with Gasteiger partial charge in [0.25, 0.3) is 11.8 Å². The van der Waals surface area contributed by atoms with Crippen molar-refractivity contribution >= 4 is 49.2 Å². The third-order valence-electron chi connectivity index (χ3n) is 6.56. The van der Waals surface area contributed by atoms with Crippen LogP contribution in [0.25, 0.3) is 0 Å². The molecule has 1 radical (unpaired) electrons. The highest BCUT2D eigenvalue weighted by atomic mass is 35.5. The standard InChI is InChI=1S/C24H22Cl2FN4O2Si/c1-14-11-21-18(13-29(14)23(32)15-3-8-19(25)20(26)12-15)22-24(33)31(10-9-30(22)28-21)34(2)17-6-4-16(27)5-7-17/h3-8,12,14H,9-11,13H2,1-2H3/t14-/m1/s1. The van der Waals surface area contributed by atoms with Crippen LogP contribution in [0.2, 0.25) is 16.6 Å². The van der Waals surface area contributed by atoms with E-state index >= 15 is 0 Å². The van der Waals surface area contributed by atoms with Gasteiger partial charge in [0, 0.05) is 30.1 Å². The number of carbonyl (C=O) groups excluding carboxylic acids is 2. The van der Waals surface area contributed by atoms with Crippen molar-refractivity contribution in [1.29, 1.82) is 0 Å². The number of hydrogen-bond donors (Lipinski definition) is 0. The summed E-state index contributed by atoms with van der Waals surface area (Å²) in [6.45, 7) is 5.46. The molecule has 0 spiro atoms. The van der Waals surface area contributed by atoms with Crippen LogP contribution < -0.4 is 5.19 Å². The minimum absolute atomic E-state index is 0.0809. The van der Waals surface area contributed by atoms with Gasteiger partial charge in [-0.15, -0.1) is 0 Å². The van der Waals surface area contributed by atoms with Gasteiger partial charge in [0.15, 0.2) is 0 Å². The average molecular weight is 516 g/mol. The molecule has 0 N–H and O–H groups in total. The number of halogens is 3. The molecule has 0 saturated heterocycles. The normalized spacial score (nSPS) is 17.7. The molecule has 3 aromatic rings. The minimum atomic E-state index is -1.40. The maximum atomic E-state index is 13.6. The van der Waals surface area contributed by atoms with Gasteiger partial charge in [-0.2, -0.15) is 5.10 Å². The summed E-state index contributed by atoms with van der Waals surface area (Å²) in [7, 11) is -1.40. The molecular formula is C24H22Cl2FN4O2Si. The first-order valence-corrected chi connectivity index (χ1v) is 13.7. The van der Waals surface area contributed by atoms with E-state index in [2.05, 4.69) is 0 Å². The van der Waals surface area contributed by atoms with E-state index in [1.807, 2.05) is 18.0 Å². The van der Waals surface area contributed by atoms with Crippen molar-refractivity contribution in [3.8, 4) is 0 Å². The van der Waals surface area contributed by atoms with Crippen LogP contribution in [0.3, 0.4) is 0 Å². The molecule has 2 aliphatic heterocycles. The summed E-state index contributed by atoms with van der Waals surface area (Å²) in [5.74, 6) is -0.544. The molecule has 0 bridgehead atoms. The third-order valence-corrected chi connectivity index (χ3v) is 9.70. The van der Waals surface area contributed by atoms with Crippen molar-refractivity contribution < 1.29 is 14.0 Å². The lowest BCUT2D eigenvalue weighted by atomic mass is 9.98. The van der Waals surface area contributed by atoms with Gasteiger partial charge in [-0.3, -0.25) is 14.3 Å². The van der Waals surface area contributed by atoms with Crippen molar-refractivity contribution in [2.45, 2.75) is 39.0 Å². The SMILES string of the molecule is C[C@@H]1Cc2nn3c(c2CN1C(=O)c1ccc(Cl)c(Cl)c1)C(=O)N([Si](C)c1ccc(F)cc1)CC3. The molecule has 2 amide bonds. The maximum absolute atomic E-state index is 13.6. The van der Waals surface area contributed by atoms with E-state index in [4.69, 9.17) is 28.3 Å². The van der Waals surface area contributed by atoms with Crippen LogP contribution in [0.1, 0.15) is 39.0 Å². The summed E-state index contributed by atoms with van der Waals surface area (Å²) in [4.78, 5) is 28.7. The van der Waals surface area contributed by atoms with E-state index in [0.29, 0.717) is 47.4 Å². The molecule has 3 heterocycles. The van der Waals surface area contributed by atoms with Gasteiger partial charge < -0.3 is 9.47 Å². The Labute approximate surface area is 208 Å². The summed E-state index contributed by atoms with van der Waals surface area (Å²) < 4.78 is 17.1. The Morgan fingerprint density at radius 1 is 1.12 bits per heavy atom. The molecule has 2 aliphatic rings. The zero-order valence-electron chi connectivity index (χ0n) is 18.7. The van der Waals surface area contributed by atoms with E-state index in [1.54, 1.807) is 39.9 Å². The Morgan fingerprint density at radius 2 is 1.85 bits per heavy atom. The quantitative estimate of drug-likeness (QED) is 0.497. The van der Waals surface area contributed by atoms with E-state index in [0.717, 1.165) is 16.4 Å². The fraction of sp³-hybridized carbons (Fsp3) is 0.292. The Hall–Kier alpha value is -2.68. The van der Waals surface area contributed by atoms with Crippen LogP contribution in [0.15, 0.2) is 42.5 Å². The number of nitrogens with zero attached hydrogens (tertiary/aromatic N) is 4. The van der Waals surface area contributed by atoms with Crippen LogP contribution in [0.4, 0.5) is 4.39 Å². The smallest absolute Gasteiger partial charge is 0.264 e. The number of amides is 2. The molecule has 175 valence electrons. The average Bonchev–Trinajstić information content (AvgIpc) is 3.18. The van der Waals surface area contributed by atoms with Crippen LogP contribution >= 0.6 is 23.2 Å². The van der Waals surface area contributed by atoms with E-state index in [9.17, 15) is 14.0 Å². The van der Waals surface area contributed by atoms with Crippen LogP contribution in [-0.2, 0) is 19.5 Å². The lowest BCUT2D eigenvalue weighted by Gasteiger charge is -2.35. The molecule has 0 unspecified atom stereocenters. The summed E-state index contributed by atoms with van der Waals surface area (Å²) >= 11 is 12.1. The van der Waals surface area contributed by atoms with E-state index in [1.165, 1.54) is 12.1 Å². The molecule has 10 heteroatoms. The molecule has 0 saturated carbocycles. The zero-order chi connectivity index (χ0) is 24.1. The van der Waals surface area contributed by atoms with E-state index < -0.39 is 8.96 Å². The lowest BCUT2D eigenvalue weighted by Crippen LogP contribution is -2.53. The van der Waals surface area contributed by atoms with Crippen LogP contribution in [-0.4, -0.2) is 52.6 Å². The molecule has 0 aliphatic carbocycles. The van der Waals surface area contributed by atoms with Crippen molar-refractivity contribution in [3.63, 3.8) is 0 Å². The van der Waals surface area contributed by atoms with Crippen LogP contribution in [0.5, 0.6) is 0 Å². The first-order valence-electron chi connectivity index (χ1n) is 11.0. The van der Waals surface area contributed by atoms with Gasteiger partial charge in [-0.25, -0.2) is 4.39 Å². The topological polar surface area (TPSA) is 58.4 Å². The summed E-state index contributed by atoms with van der Waals surface area (Å²) in [5.41, 5.74) is 2.67. The summed E-state index contributed by atoms with van der Waals surface area (Å²) in [6.07, 6.45) is 0.567. The second-order valence-electron chi connectivity index (χ2n) is 8.66. The first-order chi connectivity index (χ1) is 16.2. The lowest BCUT2D eigenvalue weighted by molar-refractivity contribution is 0.0652. The first kappa shape index (κ1) is 23.1. The second-order valence-corrected chi connectivity index (χ2v) is 11.8. The highest BCUT2D eigenvalue weighted by Gasteiger charge is 2.39. The molecule has 0 fully saturated rings. The van der Waals surface area contributed by atoms with Gasteiger partial charge in [0.2, 0.25) is 8.96 Å². The Balaban J connectivity index is 1.44. The Bertz CT molecular complexity index is 1300. The van der Waals surface area contributed by atoms with Gasteiger partial charge in [-0.05, 0) is 49.0 Å². The fourth-order valence-electron chi connectivity index (χ4n) is 4.65. The monoisotopic (exact) mass is 515 g/mol. The minimum Gasteiger partial charge on any atom is -0.358 e. The Morgan fingerprint density at radius 3 is 2.56 bits per heavy atom. The van der Waals surface area contributed by atoms with Gasteiger partial charge in [0.1, 0.15) is 11.5 Å². The number of aromatic nitrogens is 2. The highest BCUT2D eigenvalue weighted by Crippen LogP contribution is 2.31. The largest absolute Gasteiger partial charge is 0.358 e. The van der Waals surface area contributed by atoms with Crippen molar-refractivity contribution in [3.05, 3.63) is 80.8 Å². The molecular weight excluding hydrogens is 494 g/mol. The van der Waals surface area contributed by atoms with Crippen molar-refractivity contribution in [2.24, 2.45) is 0 Å². The molecule has 5 rings (SSSR count). The third kappa shape index (κ3) is 3.93. The van der Waals surface area contributed by atoms with Crippen molar-refractivity contribution in [2.75, 3.05) is 6.54 Å². The predicted octanol–water partition coefficient (Wildman–Crippen LogP) is 3.90. The number of rotatable bonds is 3. The molecule has 2 aromatic carbocycles. The van der Waals surface area contributed by atoms with Gasteiger partial charge in [-0.1, -0.05) is 35.3 Å². The summed E-state index contributed by atoms with van der Waals surface area (Å²) in [6, 6.07) is 11.1. The van der Waals surface area contributed by atoms with Crippen LogP contribution in [0, 0.1) is 5.82 Å². The number of hydrogen-bond acceptors (Lipinski definition) is 3. The molecule has 1 aromatic heterocycles. The number of fused-ring (bicyclic) bond motifs is 3. The molecule has 34 heavy (non-hydrogen) atoms. The predicted molar refractivity (Wildman–Crippen MR) is 130 cm³/mol.